The summed E-state index contributed by atoms with van der Waals surface area (Å²) >= 11 is 0. The molecule has 0 radical (unpaired) electrons. The van der Waals surface area contributed by atoms with E-state index in [2.05, 4.69) is 32.8 Å². The second kappa shape index (κ2) is 8.28. The van der Waals surface area contributed by atoms with Gasteiger partial charge in [0.2, 0.25) is 6.79 Å². The predicted molar refractivity (Wildman–Crippen MR) is 108 cm³/mol. The molecule has 154 valence electrons. The van der Waals surface area contributed by atoms with Crippen molar-refractivity contribution in [1.29, 1.82) is 0 Å². The lowest BCUT2D eigenvalue weighted by molar-refractivity contribution is 0.112. The number of fused-ring (bicyclic) bond motifs is 1. The zero-order valence-electron chi connectivity index (χ0n) is 16.4. The molecule has 2 atom stereocenters. The summed E-state index contributed by atoms with van der Waals surface area (Å²) in [6.07, 6.45) is 0. The molecule has 6 nitrogen and oxygen atoms in total. The summed E-state index contributed by atoms with van der Waals surface area (Å²) in [6.45, 7) is 7.48. The van der Waals surface area contributed by atoms with Crippen molar-refractivity contribution >= 4 is 0 Å². The van der Waals surface area contributed by atoms with Crippen LogP contribution in [-0.4, -0.2) is 55.9 Å². The van der Waals surface area contributed by atoms with E-state index < -0.39 is 0 Å². The monoisotopic (exact) mass is 398 g/mol. The lowest BCUT2D eigenvalue weighted by Gasteiger charge is -2.36. The summed E-state index contributed by atoms with van der Waals surface area (Å²) in [5.74, 6) is 1.98. The van der Waals surface area contributed by atoms with Crippen molar-refractivity contribution in [3.63, 3.8) is 0 Å². The summed E-state index contributed by atoms with van der Waals surface area (Å²) in [5.41, 5.74) is 9.05. The highest BCUT2D eigenvalue weighted by Gasteiger charge is 2.31. The zero-order chi connectivity index (χ0) is 19.6. The molecule has 2 fully saturated rings. The molecule has 0 aliphatic carbocycles. The van der Waals surface area contributed by atoms with Gasteiger partial charge in [0, 0.05) is 51.7 Å². The third kappa shape index (κ3) is 4.23. The minimum absolute atomic E-state index is 0.185. The molecule has 3 heterocycles. The molecule has 7 heteroatoms. The predicted octanol–water partition coefficient (Wildman–Crippen LogP) is 2.14. The second-order valence-electron chi connectivity index (χ2n) is 8.08. The van der Waals surface area contributed by atoms with Crippen LogP contribution < -0.4 is 20.3 Å². The Balaban J connectivity index is 1.13. The quantitative estimate of drug-likeness (QED) is 0.805. The Morgan fingerprint density at radius 1 is 0.931 bits per heavy atom. The molecule has 3 aliphatic heterocycles. The second-order valence-corrected chi connectivity index (χ2v) is 8.08. The first-order valence-electron chi connectivity index (χ1n) is 10.3. The number of nitrogens with one attached hydrogen (secondary N) is 2. The molecule has 29 heavy (non-hydrogen) atoms. The molecule has 0 amide bonds. The molecular weight excluding hydrogens is 371 g/mol. The maximum absolute atomic E-state index is 13.2. The number of hydrogen-bond acceptors (Lipinski definition) is 6. The van der Waals surface area contributed by atoms with Gasteiger partial charge < -0.3 is 14.4 Å². The molecule has 0 aromatic heterocycles. The molecule has 2 unspecified atom stereocenters. The van der Waals surface area contributed by atoms with Crippen molar-refractivity contribution in [2.24, 2.45) is 5.92 Å². The van der Waals surface area contributed by atoms with Crippen LogP contribution in [0, 0.1) is 11.7 Å². The van der Waals surface area contributed by atoms with Crippen molar-refractivity contribution in [2.75, 3.05) is 46.1 Å². The number of rotatable bonds is 5. The van der Waals surface area contributed by atoms with Gasteiger partial charge in [-0.2, -0.15) is 0 Å². The van der Waals surface area contributed by atoms with Gasteiger partial charge in [0.1, 0.15) is 5.82 Å². The minimum Gasteiger partial charge on any atom is -0.454 e. The summed E-state index contributed by atoms with van der Waals surface area (Å²) in [4.78, 5) is 5.04. The molecule has 2 aromatic carbocycles. The van der Waals surface area contributed by atoms with E-state index in [1.807, 2.05) is 18.2 Å². The van der Waals surface area contributed by atoms with Gasteiger partial charge in [0.05, 0.1) is 6.04 Å². The van der Waals surface area contributed by atoms with E-state index in [0.29, 0.717) is 12.7 Å². The first-order valence-corrected chi connectivity index (χ1v) is 10.3. The van der Waals surface area contributed by atoms with Gasteiger partial charge in [-0.15, -0.1) is 0 Å². The smallest absolute Gasteiger partial charge is 0.231 e. The van der Waals surface area contributed by atoms with Crippen molar-refractivity contribution in [2.45, 2.75) is 12.6 Å². The van der Waals surface area contributed by atoms with E-state index in [0.717, 1.165) is 62.9 Å². The van der Waals surface area contributed by atoms with E-state index >= 15 is 0 Å². The number of piperazine rings is 1. The topological polar surface area (TPSA) is 49.0 Å². The van der Waals surface area contributed by atoms with Crippen LogP contribution in [0.1, 0.15) is 17.2 Å². The maximum Gasteiger partial charge on any atom is 0.231 e. The molecule has 0 saturated carbocycles. The van der Waals surface area contributed by atoms with Gasteiger partial charge in [-0.3, -0.25) is 10.3 Å². The average Bonchev–Trinajstić information content (AvgIpc) is 3.39. The number of halogens is 1. The summed E-state index contributed by atoms with van der Waals surface area (Å²) in [7, 11) is 0. The third-order valence-corrected chi connectivity index (χ3v) is 6.12. The molecule has 0 spiro atoms. The number of ether oxygens (including phenoxy) is 2. The fourth-order valence-corrected chi connectivity index (χ4v) is 4.49. The van der Waals surface area contributed by atoms with Crippen molar-refractivity contribution in [3.05, 3.63) is 59.4 Å². The van der Waals surface area contributed by atoms with Gasteiger partial charge >= 0.3 is 0 Å². The van der Waals surface area contributed by atoms with Crippen molar-refractivity contribution in [3.8, 4) is 11.5 Å². The Morgan fingerprint density at radius 2 is 1.69 bits per heavy atom. The van der Waals surface area contributed by atoms with Gasteiger partial charge in [0.25, 0.3) is 0 Å². The van der Waals surface area contributed by atoms with Crippen LogP contribution >= 0.6 is 0 Å². The van der Waals surface area contributed by atoms with Crippen molar-refractivity contribution < 1.29 is 13.9 Å². The van der Waals surface area contributed by atoms with E-state index in [-0.39, 0.29) is 11.9 Å². The Bertz CT molecular complexity index is 839. The Hall–Kier alpha value is -2.19. The first-order chi connectivity index (χ1) is 14.2. The SMILES string of the molecule is Fc1ccc(C2NNCC2CN2CCN(Cc3ccc4c(c3)OCO4)CC2)cc1. The number of hydrogen-bond donors (Lipinski definition) is 2. The highest BCUT2D eigenvalue weighted by atomic mass is 19.1. The maximum atomic E-state index is 13.2. The van der Waals surface area contributed by atoms with Crippen LogP contribution in [0.2, 0.25) is 0 Å². The van der Waals surface area contributed by atoms with Crippen LogP contribution in [0.3, 0.4) is 0 Å². The third-order valence-electron chi connectivity index (χ3n) is 6.12. The molecule has 2 saturated heterocycles. The lowest BCUT2D eigenvalue weighted by Crippen LogP contribution is -2.48. The number of benzene rings is 2. The number of nitrogens with zero attached hydrogens (tertiary/aromatic N) is 2. The van der Waals surface area contributed by atoms with Crippen LogP contribution in [-0.2, 0) is 6.54 Å². The average molecular weight is 398 g/mol. The van der Waals surface area contributed by atoms with Gasteiger partial charge in [-0.1, -0.05) is 18.2 Å². The van der Waals surface area contributed by atoms with E-state index in [1.54, 1.807) is 12.1 Å². The fourth-order valence-electron chi connectivity index (χ4n) is 4.49. The van der Waals surface area contributed by atoms with Crippen LogP contribution in [0.15, 0.2) is 42.5 Å². The van der Waals surface area contributed by atoms with E-state index in [4.69, 9.17) is 9.47 Å². The zero-order valence-corrected chi connectivity index (χ0v) is 16.4. The highest BCUT2D eigenvalue weighted by molar-refractivity contribution is 5.44. The summed E-state index contributed by atoms with van der Waals surface area (Å²) in [6, 6.07) is 13.3. The first kappa shape index (κ1) is 18.8. The normalized spacial score (nSPS) is 24.9. The van der Waals surface area contributed by atoms with Crippen LogP contribution in [0.5, 0.6) is 11.5 Å². The summed E-state index contributed by atoms with van der Waals surface area (Å²) in [5, 5.41) is 0. The lowest BCUT2D eigenvalue weighted by atomic mass is 9.94. The Kier molecular flexibility index (Phi) is 5.37. The largest absolute Gasteiger partial charge is 0.454 e. The van der Waals surface area contributed by atoms with Gasteiger partial charge in [-0.05, 0) is 35.4 Å². The Morgan fingerprint density at radius 3 is 2.52 bits per heavy atom. The molecular formula is C22H27FN4O2. The minimum atomic E-state index is -0.185. The molecule has 2 N–H and O–H groups in total. The molecule has 5 rings (SSSR count). The van der Waals surface area contributed by atoms with Gasteiger partial charge in [-0.25, -0.2) is 9.82 Å². The summed E-state index contributed by atoms with van der Waals surface area (Å²) < 4.78 is 24.1. The van der Waals surface area contributed by atoms with E-state index in [1.165, 1.54) is 5.56 Å². The van der Waals surface area contributed by atoms with E-state index in [9.17, 15) is 4.39 Å². The standard InChI is InChI=1S/C22H27FN4O2/c23-19-4-2-17(3-5-19)22-18(12-24-25-22)14-27-9-7-26(8-10-27)13-16-1-6-20-21(11-16)29-15-28-20/h1-6,11,18,22,24-25H,7-10,12-15H2. The van der Waals surface area contributed by atoms with Gasteiger partial charge in [0.15, 0.2) is 11.5 Å². The molecule has 3 aliphatic rings. The fraction of sp³-hybridized carbons (Fsp3) is 0.455. The Labute approximate surface area is 170 Å². The molecule has 2 aromatic rings. The van der Waals surface area contributed by atoms with Crippen molar-refractivity contribution in [1.82, 2.24) is 20.7 Å². The van der Waals surface area contributed by atoms with Crippen LogP contribution in [0.4, 0.5) is 4.39 Å². The number of hydrazine groups is 1. The molecule has 0 bridgehead atoms. The van der Waals surface area contributed by atoms with Crippen LogP contribution in [0.25, 0.3) is 0 Å². The highest BCUT2D eigenvalue weighted by Crippen LogP contribution is 2.33.